The van der Waals surface area contributed by atoms with Gasteiger partial charge in [-0.1, -0.05) is 13.0 Å². The fourth-order valence-electron chi connectivity index (χ4n) is 1.47. The molecule has 0 aromatic heterocycles. The van der Waals surface area contributed by atoms with E-state index in [0.29, 0.717) is 5.75 Å². The standard InChI is InChI=1S/C13H19NO3S/c1-4-14-12(13(15)17-3)9-18-11-7-5-6-10(8-11)16-2/h5-8,12,14H,4,9H2,1-3H3. The van der Waals surface area contributed by atoms with E-state index in [1.807, 2.05) is 31.2 Å². The molecule has 0 radical (unpaired) electrons. The van der Waals surface area contributed by atoms with Gasteiger partial charge in [-0.3, -0.25) is 4.79 Å². The summed E-state index contributed by atoms with van der Waals surface area (Å²) in [4.78, 5) is 12.6. The van der Waals surface area contributed by atoms with Crippen LogP contribution in [0.5, 0.6) is 5.75 Å². The van der Waals surface area contributed by atoms with Crippen LogP contribution >= 0.6 is 11.8 Å². The maximum Gasteiger partial charge on any atom is 0.323 e. The van der Waals surface area contributed by atoms with Crippen molar-refractivity contribution in [1.82, 2.24) is 5.32 Å². The Balaban J connectivity index is 2.57. The monoisotopic (exact) mass is 269 g/mol. The molecule has 0 fully saturated rings. The van der Waals surface area contributed by atoms with E-state index < -0.39 is 0 Å². The summed E-state index contributed by atoms with van der Waals surface area (Å²) in [6.45, 7) is 2.70. The Morgan fingerprint density at radius 2 is 2.22 bits per heavy atom. The molecule has 0 bridgehead atoms. The number of esters is 1. The average molecular weight is 269 g/mol. The highest BCUT2D eigenvalue weighted by Gasteiger charge is 2.17. The highest BCUT2D eigenvalue weighted by molar-refractivity contribution is 7.99. The van der Waals surface area contributed by atoms with Crippen LogP contribution in [0.4, 0.5) is 0 Å². The highest BCUT2D eigenvalue weighted by Crippen LogP contribution is 2.23. The van der Waals surface area contributed by atoms with E-state index in [4.69, 9.17) is 9.47 Å². The third-order valence-electron chi connectivity index (χ3n) is 2.39. The van der Waals surface area contributed by atoms with Gasteiger partial charge in [-0.15, -0.1) is 11.8 Å². The average Bonchev–Trinajstić information content (AvgIpc) is 2.42. The first-order valence-electron chi connectivity index (χ1n) is 5.79. The minimum absolute atomic E-state index is 0.229. The number of rotatable bonds is 7. The van der Waals surface area contributed by atoms with Gasteiger partial charge in [0.25, 0.3) is 0 Å². The Kier molecular flexibility index (Phi) is 6.60. The smallest absolute Gasteiger partial charge is 0.323 e. The molecule has 100 valence electrons. The maximum atomic E-state index is 11.5. The van der Waals surface area contributed by atoms with Crippen molar-refractivity contribution in [3.8, 4) is 5.75 Å². The highest BCUT2D eigenvalue weighted by atomic mass is 32.2. The van der Waals surface area contributed by atoms with Crippen molar-refractivity contribution in [2.45, 2.75) is 17.9 Å². The third-order valence-corrected chi connectivity index (χ3v) is 3.48. The molecule has 4 nitrogen and oxygen atoms in total. The zero-order valence-corrected chi connectivity index (χ0v) is 11.8. The Morgan fingerprint density at radius 1 is 1.44 bits per heavy atom. The lowest BCUT2D eigenvalue weighted by Crippen LogP contribution is -2.39. The number of likely N-dealkylation sites (N-methyl/N-ethyl adjacent to an activating group) is 1. The van der Waals surface area contributed by atoms with E-state index in [2.05, 4.69) is 5.32 Å². The lowest BCUT2D eigenvalue weighted by Gasteiger charge is -2.14. The van der Waals surface area contributed by atoms with Crippen LogP contribution in [0.25, 0.3) is 0 Å². The molecule has 1 unspecified atom stereocenters. The quantitative estimate of drug-likeness (QED) is 0.605. The van der Waals surface area contributed by atoms with E-state index in [1.54, 1.807) is 18.9 Å². The topological polar surface area (TPSA) is 47.6 Å². The fourth-order valence-corrected chi connectivity index (χ4v) is 2.46. The number of hydrogen-bond donors (Lipinski definition) is 1. The molecule has 1 atom stereocenters. The van der Waals surface area contributed by atoms with Crippen molar-refractivity contribution in [3.05, 3.63) is 24.3 Å². The molecule has 0 amide bonds. The Bertz CT molecular complexity index is 384. The van der Waals surface area contributed by atoms with Crippen molar-refractivity contribution < 1.29 is 14.3 Å². The van der Waals surface area contributed by atoms with Gasteiger partial charge in [0, 0.05) is 10.6 Å². The summed E-state index contributed by atoms with van der Waals surface area (Å²) in [7, 11) is 3.04. The fraction of sp³-hybridized carbons (Fsp3) is 0.462. The number of carbonyl (C=O) groups is 1. The van der Waals surface area contributed by atoms with E-state index in [9.17, 15) is 4.79 Å². The Morgan fingerprint density at radius 3 is 2.83 bits per heavy atom. The second-order valence-electron chi connectivity index (χ2n) is 3.62. The van der Waals surface area contributed by atoms with Gasteiger partial charge >= 0.3 is 5.97 Å². The number of ether oxygens (including phenoxy) is 2. The molecular weight excluding hydrogens is 250 g/mol. The molecule has 1 N–H and O–H groups in total. The summed E-state index contributed by atoms with van der Waals surface area (Å²) in [6.07, 6.45) is 0. The molecule has 1 aromatic rings. The third kappa shape index (κ3) is 4.58. The number of hydrogen-bond acceptors (Lipinski definition) is 5. The molecular formula is C13H19NO3S. The Hall–Kier alpha value is -1.20. The van der Waals surface area contributed by atoms with Gasteiger partial charge in [0.05, 0.1) is 14.2 Å². The van der Waals surface area contributed by atoms with E-state index in [1.165, 1.54) is 7.11 Å². The van der Waals surface area contributed by atoms with Gasteiger partial charge in [-0.2, -0.15) is 0 Å². The van der Waals surface area contributed by atoms with Gasteiger partial charge in [0.15, 0.2) is 0 Å². The summed E-state index contributed by atoms with van der Waals surface area (Å²) in [6, 6.07) is 7.49. The van der Waals surface area contributed by atoms with Gasteiger partial charge in [0.1, 0.15) is 11.8 Å². The van der Waals surface area contributed by atoms with Crippen LogP contribution in [0.15, 0.2) is 29.2 Å². The lowest BCUT2D eigenvalue weighted by atomic mass is 10.3. The van der Waals surface area contributed by atoms with Crippen LogP contribution in [0.1, 0.15) is 6.92 Å². The molecule has 0 saturated heterocycles. The first kappa shape index (κ1) is 14.9. The molecule has 0 spiro atoms. The number of benzene rings is 1. The van der Waals surface area contributed by atoms with E-state index in [0.717, 1.165) is 17.2 Å². The molecule has 1 rings (SSSR count). The first-order chi connectivity index (χ1) is 8.71. The zero-order chi connectivity index (χ0) is 13.4. The molecule has 0 saturated carbocycles. The number of carbonyl (C=O) groups excluding carboxylic acids is 1. The van der Waals surface area contributed by atoms with E-state index in [-0.39, 0.29) is 12.0 Å². The molecule has 0 aliphatic heterocycles. The molecule has 1 aromatic carbocycles. The largest absolute Gasteiger partial charge is 0.497 e. The minimum atomic E-state index is -0.281. The Labute approximate surface area is 112 Å². The van der Waals surface area contributed by atoms with Gasteiger partial charge in [-0.25, -0.2) is 0 Å². The molecule has 0 heterocycles. The number of methoxy groups -OCH3 is 2. The summed E-state index contributed by atoms with van der Waals surface area (Å²) < 4.78 is 9.92. The normalized spacial score (nSPS) is 11.9. The first-order valence-corrected chi connectivity index (χ1v) is 6.77. The van der Waals surface area contributed by atoms with Crippen molar-refractivity contribution in [2.75, 3.05) is 26.5 Å². The predicted octanol–water partition coefficient (Wildman–Crippen LogP) is 1.94. The zero-order valence-electron chi connectivity index (χ0n) is 10.9. The van der Waals surface area contributed by atoms with Crippen molar-refractivity contribution in [3.63, 3.8) is 0 Å². The van der Waals surface area contributed by atoms with Crippen LogP contribution in [0.3, 0.4) is 0 Å². The van der Waals surface area contributed by atoms with Crippen molar-refractivity contribution in [1.29, 1.82) is 0 Å². The van der Waals surface area contributed by atoms with Crippen LogP contribution in [-0.2, 0) is 9.53 Å². The van der Waals surface area contributed by atoms with E-state index >= 15 is 0 Å². The molecule has 18 heavy (non-hydrogen) atoms. The SMILES string of the molecule is CCNC(CSc1cccc(OC)c1)C(=O)OC. The number of thioether (sulfide) groups is 1. The van der Waals surface area contributed by atoms with Crippen LogP contribution in [-0.4, -0.2) is 38.5 Å². The van der Waals surface area contributed by atoms with Crippen LogP contribution < -0.4 is 10.1 Å². The lowest BCUT2D eigenvalue weighted by molar-refractivity contribution is -0.142. The molecule has 5 heteroatoms. The summed E-state index contributed by atoms with van der Waals surface area (Å²) in [5.74, 6) is 1.22. The summed E-state index contributed by atoms with van der Waals surface area (Å²) in [5, 5.41) is 3.11. The van der Waals surface area contributed by atoms with Gasteiger partial charge < -0.3 is 14.8 Å². The summed E-state index contributed by atoms with van der Waals surface area (Å²) >= 11 is 1.60. The van der Waals surface area contributed by atoms with Gasteiger partial charge in [0.2, 0.25) is 0 Å². The second-order valence-corrected chi connectivity index (χ2v) is 4.72. The van der Waals surface area contributed by atoms with Gasteiger partial charge in [-0.05, 0) is 24.7 Å². The summed E-state index contributed by atoms with van der Waals surface area (Å²) in [5.41, 5.74) is 0. The number of nitrogens with one attached hydrogen (secondary N) is 1. The van der Waals surface area contributed by atoms with Crippen LogP contribution in [0, 0.1) is 0 Å². The molecule has 0 aliphatic carbocycles. The van der Waals surface area contributed by atoms with Crippen molar-refractivity contribution in [2.24, 2.45) is 0 Å². The predicted molar refractivity (Wildman–Crippen MR) is 73.2 cm³/mol. The molecule has 0 aliphatic rings. The van der Waals surface area contributed by atoms with Crippen molar-refractivity contribution >= 4 is 17.7 Å². The van der Waals surface area contributed by atoms with Crippen LogP contribution in [0.2, 0.25) is 0 Å². The second kappa shape index (κ2) is 8.00. The minimum Gasteiger partial charge on any atom is -0.497 e. The maximum absolute atomic E-state index is 11.5.